The number of halogens is 3. The Labute approximate surface area is 116 Å². The van der Waals surface area contributed by atoms with Gasteiger partial charge >= 0.3 is 0 Å². The molecule has 96 valence electrons. The second-order valence-corrected chi connectivity index (χ2v) is 4.31. The molecular formula is C12H5Cl2FN2O2. The number of hydrogen-bond acceptors (Lipinski definition) is 3. The zero-order valence-corrected chi connectivity index (χ0v) is 10.8. The van der Waals surface area contributed by atoms with Gasteiger partial charge in [-0.1, -0.05) is 17.5 Å². The SMILES string of the molecule is C#CCn1cc(C(=O)Cl)c(=O)c2cc(F)c(Cl)nc21. The van der Waals surface area contributed by atoms with E-state index in [1.165, 1.54) is 10.8 Å². The molecule has 2 aromatic heterocycles. The average molecular weight is 299 g/mol. The van der Waals surface area contributed by atoms with Gasteiger partial charge in [0.25, 0.3) is 5.24 Å². The summed E-state index contributed by atoms with van der Waals surface area (Å²) in [6, 6.07) is 0.906. The van der Waals surface area contributed by atoms with Gasteiger partial charge in [0, 0.05) is 6.20 Å². The van der Waals surface area contributed by atoms with Crippen molar-refractivity contribution in [3.05, 3.63) is 39.0 Å². The fourth-order valence-corrected chi connectivity index (χ4v) is 1.89. The lowest BCUT2D eigenvalue weighted by Gasteiger charge is -2.09. The van der Waals surface area contributed by atoms with Gasteiger partial charge < -0.3 is 4.57 Å². The molecular weight excluding hydrogens is 294 g/mol. The van der Waals surface area contributed by atoms with Crippen LogP contribution < -0.4 is 5.43 Å². The van der Waals surface area contributed by atoms with Gasteiger partial charge in [-0.2, -0.15) is 0 Å². The molecule has 2 rings (SSSR count). The lowest BCUT2D eigenvalue weighted by molar-refractivity contribution is 0.108. The maximum absolute atomic E-state index is 13.4. The number of fused-ring (bicyclic) bond motifs is 1. The van der Waals surface area contributed by atoms with Gasteiger partial charge in [0.2, 0.25) is 5.43 Å². The second kappa shape index (κ2) is 5.00. The van der Waals surface area contributed by atoms with Crippen LogP contribution in [0.15, 0.2) is 17.1 Å². The quantitative estimate of drug-likeness (QED) is 0.485. The third-order valence-corrected chi connectivity index (χ3v) is 2.90. The smallest absolute Gasteiger partial charge is 0.257 e. The highest BCUT2D eigenvalue weighted by atomic mass is 35.5. The summed E-state index contributed by atoms with van der Waals surface area (Å²) in [4.78, 5) is 26.9. The topological polar surface area (TPSA) is 52.0 Å². The van der Waals surface area contributed by atoms with Crippen molar-refractivity contribution < 1.29 is 9.18 Å². The van der Waals surface area contributed by atoms with Crippen molar-refractivity contribution in [2.75, 3.05) is 0 Å². The average Bonchev–Trinajstić information content (AvgIpc) is 2.35. The van der Waals surface area contributed by atoms with Crippen LogP contribution in [0.4, 0.5) is 4.39 Å². The first-order valence-electron chi connectivity index (χ1n) is 4.98. The highest BCUT2D eigenvalue weighted by Crippen LogP contribution is 2.18. The molecule has 2 heterocycles. The largest absolute Gasteiger partial charge is 0.320 e. The zero-order chi connectivity index (χ0) is 14.2. The van der Waals surface area contributed by atoms with E-state index in [0.717, 1.165) is 6.07 Å². The van der Waals surface area contributed by atoms with Gasteiger partial charge in [0.05, 0.1) is 17.5 Å². The van der Waals surface area contributed by atoms with Crippen molar-refractivity contribution in [2.45, 2.75) is 6.54 Å². The summed E-state index contributed by atoms with van der Waals surface area (Å²) in [5.74, 6) is 1.46. The maximum Gasteiger partial charge on any atom is 0.257 e. The van der Waals surface area contributed by atoms with E-state index in [-0.39, 0.29) is 28.3 Å². The number of terminal acetylenes is 1. The Bertz CT molecular complexity index is 793. The molecule has 2 aromatic rings. The Kier molecular flexibility index (Phi) is 3.56. The normalized spacial score (nSPS) is 10.4. The Morgan fingerprint density at radius 1 is 1.58 bits per heavy atom. The molecule has 0 spiro atoms. The maximum atomic E-state index is 13.4. The molecule has 0 aliphatic rings. The number of carbonyl (C=O) groups excluding carboxylic acids is 1. The molecule has 4 nitrogen and oxygen atoms in total. The van der Waals surface area contributed by atoms with Crippen molar-refractivity contribution in [1.29, 1.82) is 0 Å². The summed E-state index contributed by atoms with van der Waals surface area (Å²) >= 11 is 10.9. The van der Waals surface area contributed by atoms with Gasteiger partial charge in [0.1, 0.15) is 5.65 Å². The molecule has 0 saturated carbocycles. The Hall–Kier alpha value is -1.90. The molecule has 0 saturated heterocycles. The van der Waals surface area contributed by atoms with Gasteiger partial charge in [-0.25, -0.2) is 9.37 Å². The first kappa shape index (κ1) is 13.5. The molecule has 0 amide bonds. The number of rotatable bonds is 2. The molecule has 0 aliphatic carbocycles. The summed E-state index contributed by atoms with van der Waals surface area (Å²) in [5.41, 5.74) is -0.921. The van der Waals surface area contributed by atoms with E-state index in [2.05, 4.69) is 10.9 Å². The van der Waals surface area contributed by atoms with E-state index in [9.17, 15) is 14.0 Å². The zero-order valence-electron chi connectivity index (χ0n) is 9.28. The minimum Gasteiger partial charge on any atom is -0.320 e. The van der Waals surface area contributed by atoms with Crippen LogP contribution >= 0.6 is 23.2 Å². The Balaban J connectivity index is 2.97. The van der Waals surface area contributed by atoms with Crippen molar-refractivity contribution in [1.82, 2.24) is 9.55 Å². The fourth-order valence-electron chi connectivity index (χ4n) is 1.62. The number of carbonyl (C=O) groups is 1. The number of pyridine rings is 2. The molecule has 0 N–H and O–H groups in total. The summed E-state index contributed by atoms with van der Waals surface area (Å²) in [5, 5.41) is -1.45. The van der Waals surface area contributed by atoms with Crippen LogP contribution in [-0.4, -0.2) is 14.8 Å². The standard InChI is InChI=1S/C12H5Cl2FN2O2/c1-2-3-17-5-7(11(14)19)9(18)6-4-8(15)10(13)16-12(6)17/h1,4-5H,3H2. The van der Waals surface area contributed by atoms with Crippen molar-refractivity contribution >= 4 is 39.5 Å². The van der Waals surface area contributed by atoms with Gasteiger partial charge in [-0.15, -0.1) is 6.42 Å². The van der Waals surface area contributed by atoms with Crippen LogP contribution in [0.5, 0.6) is 0 Å². The van der Waals surface area contributed by atoms with Gasteiger partial charge in [0.15, 0.2) is 11.0 Å². The second-order valence-electron chi connectivity index (χ2n) is 3.61. The van der Waals surface area contributed by atoms with E-state index >= 15 is 0 Å². The van der Waals surface area contributed by atoms with E-state index in [0.29, 0.717) is 0 Å². The summed E-state index contributed by atoms with van der Waals surface area (Å²) in [7, 11) is 0. The van der Waals surface area contributed by atoms with Crippen LogP contribution in [-0.2, 0) is 6.54 Å². The molecule has 0 aromatic carbocycles. The van der Waals surface area contributed by atoms with Crippen LogP contribution in [0.2, 0.25) is 5.15 Å². The minimum atomic E-state index is -0.951. The predicted octanol–water partition coefficient (Wildman–Crippen LogP) is 2.20. The van der Waals surface area contributed by atoms with Crippen LogP contribution in [0, 0.1) is 18.2 Å². The predicted molar refractivity (Wildman–Crippen MR) is 70.0 cm³/mol. The van der Waals surface area contributed by atoms with Crippen LogP contribution in [0.3, 0.4) is 0 Å². The van der Waals surface area contributed by atoms with Crippen molar-refractivity contribution in [3.8, 4) is 12.3 Å². The van der Waals surface area contributed by atoms with Gasteiger partial charge in [-0.3, -0.25) is 9.59 Å². The lowest BCUT2D eigenvalue weighted by Crippen LogP contribution is -2.18. The molecule has 19 heavy (non-hydrogen) atoms. The van der Waals surface area contributed by atoms with E-state index < -0.39 is 16.5 Å². The van der Waals surface area contributed by atoms with E-state index in [1.54, 1.807) is 0 Å². The number of aromatic nitrogens is 2. The molecule has 0 radical (unpaired) electrons. The molecule has 0 fully saturated rings. The first-order valence-corrected chi connectivity index (χ1v) is 5.73. The first-order chi connectivity index (χ1) is 8.95. The molecule has 7 heteroatoms. The highest BCUT2D eigenvalue weighted by molar-refractivity contribution is 6.67. The third kappa shape index (κ3) is 2.33. The fraction of sp³-hybridized carbons (Fsp3) is 0.0833. The van der Waals surface area contributed by atoms with Crippen molar-refractivity contribution in [2.24, 2.45) is 0 Å². The van der Waals surface area contributed by atoms with Gasteiger partial charge in [-0.05, 0) is 17.7 Å². The molecule has 0 aliphatic heterocycles. The number of hydrogen-bond donors (Lipinski definition) is 0. The summed E-state index contributed by atoms with van der Waals surface area (Å²) < 4.78 is 14.7. The van der Waals surface area contributed by atoms with Crippen LogP contribution in [0.25, 0.3) is 11.0 Å². The van der Waals surface area contributed by atoms with Crippen molar-refractivity contribution in [3.63, 3.8) is 0 Å². The monoisotopic (exact) mass is 298 g/mol. The molecule has 0 unspecified atom stereocenters. The summed E-state index contributed by atoms with van der Waals surface area (Å²) in [6.07, 6.45) is 6.36. The number of nitrogens with zero attached hydrogens (tertiary/aromatic N) is 2. The Morgan fingerprint density at radius 3 is 2.84 bits per heavy atom. The minimum absolute atomic E-state index is 0.0307. The Morgan fingerprint density at radius 2 is 2.26 bits per heavy atom. The third-order valence-electron chi connectivity index (χ3n) is 2.43. The van der Waals surface area contributed by atoms with Crippen LogP contribution in [0.1, 0.15) is 10.4 Å². The molecule has 0 atom stereocenters. The van der Waals surface area contributed by atoms with E-state index in [4.69, 9.17) is 29.6 Å². The molecule has 0 bridgehead atoms. The van der Waals surface area contributed by atoms with E-state index in [1.807, 2.05) is 0 Å². The summed E-state index contributed by atoms with van der Waals surface area (Å²) in [6.45, 7) is 0.0307. The highest BCUT2D eigenvalue weighted by Gasteiger charge is 2.16. The lowest BCUT2D eigenvalue weighted by atomic mass is 10.2.